The van der Waals surface area contributed by atoms with Gasteiger partial charge >= 0.3 is 5.95 Å². The maximum Gasteiger partial charge on any atom is 0.356 e. The van der Waals surface area contributed by atoms with E-state index < -0.39 is 0 Å². The van der Waals surface area contributed by atoms with Gasteiger partial charge in [-0.2, -0.15) is 0 Å². The number of halogens is 1. The van der Waals surface area contributed by atoms with Crippen LogP contribution in [0.5, 0.6) is 0 Å². The number of anilines is 1. The molecule has 0 radical (unpaired) electrons. The third kappa shape index (κ3) is 3.37. The molecule has 1 amide bonds. The number of nitrogens with one attached hydrogen (secondary N) is 1. The molecule has 0 bridgehead atoms. The van der Waals surface area contributed by atoms with Crippen molar-refractivity contribution in [2.45, 2.75) is 13.1 Å². The second-order valence-corrected chi connectivity index (χ2v) is 5.18. The van der Waals surface area contributed by atoms with Crippen molar-refractivity contribution in [2.75, 3.05) is 12.8 Å². The molecule has 3 aromatic rings. The third-order valence-electron chi connectivity index (χ3n) is 3.78. The van der Waals surface area contributed by atoms with E-state index in [1.165, 1.54) is 5.56 Å². The fourth-order valence-corrected chi connectivity index (χ4v) is 2.63. The molecule has 0 aliphatic rings. The van der Waals surface area contributed by atoms with E-state index in [0.717, 1.165) is 11.0 Å². The van der Waals surface area contributed by atoms with Crippen LogP contribution < -0.4 is 32.6 Å². The Morgan fingerprint density at radius 3 is 2.48 bits per heavy atom. The topological polar surface area (TPSA) is 63.9 Å². The van der Waals surface area contributed by atoms with Gasteiger partial charge in [0.15, 0.2) is 6.54 Å². The molecule has 1 aromatic heterocycles. The Hall–Kier alpha value is -2.34. The van der Waals surface area contributed by atoms with Crippen LogP contribution in [0.3, 0.4) is 0 Å². The molecule has 1 heterocycles. The molecular formula is C17H19BrN4O. The molecule has 0 aliphatic carbocycles. The highest BCUT2D eigenvalue weighted by Gasteiger charge is 2.22. The Balaban J connectivity index is 0.00000192. The number of hydrogen-bond donors (Lipinski definition) is 2. The van der Waals surface area contributed by atoms with Crippen molar-refractivity contribution >= 4 is 22.9 Å². The van der Waals surface area contributed by atoms with Crippen LogP contribution in [0.1, 0.15) is 5.56 Å². The van der Waals surface area contributed by atoms with Crippen LogP contribution in [0, 0.1) is 0 Å². The number of para-hydroxylation sites is 2. The van der Waals surface area contributed by atoms with Crippen LogP contribution in [0.2, 0.25) is 0 Å². The summed E-state index contributed by atoms with van der Waals surface area (Å²) in [6, 6.07) is 18.1. The molecule has 2 aromatic carbocycles. The number of aromatic nitrogens is 2. The van der Waals surface area contributed by atoms with Gasteiger partial charge < -0.3 is 22.3 Å². The maximum absolute atomic E-state index is 11.7. The highest BCUT2D eigenvalue weighted by atomic mass is 79.9. The number of nitrogens with zero attached hydrogens (tertiary/aromatic N) is 2. The van der Waals surface area contributed by atoms with Gasteiger partial charge in [-0.25, -0.2) is 9.13 Å². The van der Waals surface area contributed by atoms with Crippen molar-refractivity contribution in [3.05, 3.63) is 60.2 Å². The molecule has 120 valence electrons. The summed E-state index contributed by atoms with van der Waals surface area (Å²) in [5, 5.41) is 2.64. The lowest BCUT2D eigenvalue weighted by atomic mass is 10.2. The fraction of sp³-hybridized carbons (Fsp3) is 0.176. The fourth-order valence-electron chi connectivity index (χ4n) is 2.63. The van der Waals surface area contributed by atoms with Crippen LogP contribution in [0.25, 0.3) is 11.0 Å². The van der Waals surface area contributed by atoms with E-state index in [1.54, 1.807) is 7.05 Å². The van der Waals surface area contributed by atoms with Gasteiger partial charge in [-0.3, -0.25) is 10.5 Å². The highest BCUT2D eigenvalue weighted by molar-refractivity contribution is 5.80. The van der Waals surface area contributed by atoms with Crippen molar-refractivity contribution in [3.8, 4) is 0 Å². The van der Waals surface area contributed by atoms with Gasteiger partial charge in [0.1, 0.15) is 11.0 Å². The Bertz CT molecular complexity index is 814. The van der Waals surface area contributed by atoms with Crippen LogP contribution in [-0.4, -0.2) is 17.5 Å². The molecule has 3 rings (SSSR count). The number of likely N-dealkylation sites (N-methyl/N-ethyl adjacent to an activating group) is 1. The minimum atomic E-state index is -0.0701. The van der Waals surface area contributed by atoms with Crippen LogP contribution >= 0.6 is 0 Å². The van der Waals surface area contributed by atoms with Crippen LogP contribution in [-0.2, 0) is 17.9 Å². The summed E-state index contributed by atoms with van der Waals surface area (Å²) in [6.45, 7) is 0.887. The monoisotopic (exact) mass is 374 g/mol. The predicted octanol–water partition coefficient (Wildman–Crippen LogP) is -1.69. The lowest BCUT2D eigenvalue weighted by Gasteiger charge is -2.02. The zero-order valence-electron chi connectivity index (χ0n) is 12.9. The zero-order valence-corrected chi connectivity index (χ0v) is 14.5. The van der Waals surface area contributed by atoms with E-state index in [0.29, 0.717) is 12.5 Å². The smallest absolute Gasteiger partial charge is 0.356 e. The number of rotatable bonds is 4. The van der Waals surface area contributed by atoms with Crippen LogP contribution in [0.15, 0.2) is 54.6 Å². The summed E-state index contributed by atoms with van der Waals surface area (Å²) in [5.74, 6) is 0.507. The van der Waals surface area contributed by atoms with E-state index in [2.05, 4.69) is 17.4 Å². The summed E-state index contributed by atoms with van der Waals surface area (Å²) < 4.78 is 3.88. The molecule has 0 atom stereocenters. The molecule has 23 heavy (non-hydrogen) atoms. The summed E-state index contributed by atoms with van der Waals surface area (Å²) in [6.07, 6.45) is 0. The van der Waals surface area contributed by atoms with Gasteiger partial charge in [0.05, 0.1) is 6.54 Å². The molecular weight excluding hydrogens is 356 g/mol. The van der Waals surface area contributed by atoms with Crippen molar-refractivity contribution in [3.63, 3.8) is 0 Å². The van der Waals surface area contributed by atoms with Crippen molar-refractivity contribution in [1.82, 2.24) is 9.88 Å². The number of fused-ring (bicyclic) bond motifs is 1. The minimum Gasteiger partial charge on any atom is -1.00 e. The highest BCUT2D eigenvalue weighted by Crippen LogP contribution is 2.16. The van der Waals surface area contributed by atoms with Gasteiger partial charge in [0, 0.05) is 7.05 Å². The number of carbonyl (C=O) groups excluding carboxylic acids is 1. The maximum atomic E-state index is 11.7. The third-order valence-corrected chi connectivity index (χ3v) is 3.78. The second kappa shape index (κ2) is 7.28. The summed E-state index contributed by atoms with van der Waals surface area (Å²) in [7, 11) is 1.63. The van der Waals surface area contributed by atoms with Gasteiger partial charge in [0.2, 0.25) is 0 Å². The number of hydrogen-bond acceptors (Lipinski definition) is 2. The van der Waals surface area contributed by atoms with Gasteiger partial charge in [0.25, 0.3) is 5.91 Å². The minimum absolute atomic E-state index is 0. The summed E-state index contributed by atoms with van der Waals surface area (Å²) in [5.41, 5.74) is 9.46. The van der Waals surface area contributed by atoms with Gasteiger partial charge in [-0.1, -0.05) is 42.5 Å². The lowest BCUT2D eigenvalue weighted by Crippen LogP contribution is -3.00. The molecule has 0 saturated heterocycles. The van der Waals surface area contributed by atoms with E-state index in [-0.39, 0.29) is 29.4 Å². The molecule has 6 heteroatoms. The van der Waals surface area contributed by atoms with E-state index in [4.69, 9.17) is 5.73 Å². The van der Waals surface area contributed by atoms with E-state index in [9.17, 15) is 4.79 Å². The van der Waals surface area contributed by atoms with E-state index in [1.807, 2.05) is 51.6 Å². The zero-order chi connectivity index (χ0) is 15.5. The Labute approximate surface area is 145 Å². The Morgan fingerprint density at radius 2 is 1.78 bits per heavy atom. The number of nitrogens with two attached hydrogens (primary N) is 1. The molecule has 0 spiro atoms. The normalized spacial score (nSPS) is 10.3. The number of nitrogen functional groups attached to an aromatic ring is 1. The Morgan fingerprint density at radius 1 is 1.13 bits per heavy atom. The first-order chi connectivity index (χ1) is 10.7. The van der Waals surface area contributed by atoms with Gasteiger partial charge in [-0.15, -0.1) is 0 Å². The van der Waals surface area contributed by atoms with Gasteiger partial charge in [-0.05, 0) is 17.7 Å². The summed E-state index contributed by atoms with van der Waals surface area (Å²) in [4.78, 5) is 11.7. The van der Waals surface area contributed by atoms with E-state index >= 15 is 0 Å². The average Bonchev–Trinajstić information content (AvgIpc) is 2.82. The summed E-state index contributed by atoms with van der Waals surface area (Å²) >= 11 is 0. The number of carbonyl (C=O) groups is 1. The molecule has 0 saturated carbocycles. The number of imidazole rings is 1. The SMILES string of the molecule is CNC(=O)Cn1c(N)[n+](Cc2ccccc2)c2ccccc21.[Br-]. The van der Waals surface area contributed by atoms with Crippen LogP contribution in [0.4, 0.5) is 5.95 Å². The molecule has 3 N–H and O–H groups in total. The standard InChI is InChI=1S/C17H18N4O.BrH/c1-19-16(22)12-21-15-10-6-5-9-14(15)20(17(21)18)11-13-7-3-2-4-8-13;/h2-10,18H,11-12H2,1H3,(H,19,22);1H. The lowest BCUT2D eigenvalue weighted by molar-refractivity contribution is -0.648. The molecule has 0 fully saturated rings. The first-order valence-electron chi connectivity index (χ1n) is 7.21. The quantitative estimate of drug-likeness (QED) is 0.535. The second-order valence-electron chi connectivity index (χ2n) is 5.18. The first-order valence-corrected chi connectivity index (χ1v) is 7.21. The first kappa shape index (κ1) is 17.0. The van der Waals surface area contributed by atoms with Crippen molar-refractivity contribution < 1.29 is 26.3 Å². The number of benzene rings is 2. The average molecular weight is 375 g/mol. The largest absolute Gasteiger partial charge is 1.00 e. The predicted molar refractivity (Wildman–Crippen MR) is 86.2 cm³/mol. The molecule has 0 unspecified atom stereocenters. The molecule has 5 nitrogen and oxygen atoms in total. The van der Waals surface area contributed by atoms with Crippen molar-refractivity contribution in [1.29, 1.82) is 0 Å². The Kier molecular flexibility index (Phi) is 5.39. The van der Waals surface area contributed by atoms with Crippen molar-refractivity contribution in [2.24, 2.45) is 0 Å². The number of amides is 1. The molecule has 0 aliphatic heterocycles.